The quantitative estimate of drug-likeness (QED) is 0.814. The van der Waals surface area contributed by atoms with E-state index in [1.165, 1.54) is 0 Å². The Morgan fingerprint density at radius 2 is 2.21 bits per heavy atom. The molecule has 4 heterocycles. The fourth-order valence-electron chi connectivity index (χ4n) is 3.21. The van der Waals surface area contributed by atoms with Crippen molar-refractivity contribution in [1.29, 1.82) is 0 Å². The molecule has 2 aliphatic rings. The zero-order valence-corrected chi connectivity index (χ0v) is 16.0. The molecule has 146 valence electrons. The summed E-state index contributed by atoms with van der Waals surface area (Å²) in [5.74, 6) is 0.840. The van der Waals surface area contributed by atoms with Crippen LogP contribution in [0.1, 0.15) is 37.8 Å². The van der Waals surface area contributed by atoms with Crippen LogP contribution in [-0.4, -0.2) is 38.5 Å². The smallest absolute Gasteiger partial charge is 0.199 e. The summed E-state index contributed by atoms with van der Waals surface area (Å²) < 4.78 is 11.3. The SMILES string of the molecule is CC(C)(C)C1=C2C=NN=C(c3cc(CO)on3)N2NC1OCc1cccnc1. The first-order chi connectivity index (χ1) is 13.5. The summed E-state index contributed by atoms with van der Waals surface area (Å²) in [4.78, 5) is 4.13. The maximum absolute atomic E-state index is 9.24. The van der Waals surface area contributed by atoms with Gasteiger partial charge in [-0.15, -0.1) is 5.10 Å². The molecule has 0 amide bonds. The lowest BCUT2D eigenvalue weighted by Crippen LogP contribution is -2.44. The van der Waals surface area contributed by atoms with Gasteiger partial charge < -0.3 is 14.4 Å². The number of hydrogen-bond donors (Lipinski definition) is 2. The molecule has 0 bridgehead atoms. The summed E-state index contributed by atoms with van der Waals surface area (Å²) in [7, 11) is 0. The molecule has 0 radical (unpaired) electrons. The second kappa shape index (κ2) is 7.27. The number of nitrogens with one attached hydrogen (secondary N) is 1. The second-order valence-corrected chi connectivity index (χ2v) is 7.57. The van der Waals surface area contributed by atoms with Gasteiger partial charge in [-0.25, -0.2) is 0 Å². The average Bonchev–Trinajstić information content (AvgIpc) is 3.30. The molecule has 0 aromatic carbocycles. The van der Waals surface area contributed by atoms with Crippen LogP contribution in [0.4, 0.5) is 0 Å². The number of nitrogens with zero attached hydrogens (tertiary/aromatic N) is 5. The number of rotatable bonds is 5. The molecule has 2 aromatic heterocycles. The van der Waals surface area contributed by atoms with E-state index in [0.717, 1.165) is 16.8 Å². The van der Waals surface area contributed by atoms with Gasteiger partial charge in [0.2, 0.25) is 0 Å². The molecule has 0 saturated carbocycles. The summed E-state index contributed by atoms with van der Waals surface area (Å²) in [5, 5.41) is 23.4. The molecule has 1 atom stereocenters. The van der Waals surface area contributed by atoms with Crippen molar-refractivity contribution in [3.63, 3.8) is 0 Å². The van der Waals surface area contributed by atoms with Crippen LogP contribution < -0.4 is 5.43 Å². The van der Waals surface area contributed by atoms with Crippen molar-refractivity contribution in [1.82, 2.24) is 20.6 Å². The van der Waals surface area contributed by atoms with Gasteiger partial charge >= 0.3 is 0 Å². The van der Waals surface area contributed by atoms with Crippen molar-refractivity contribution < 1.29 is 14.4 Å². The molecule has 2 aliphatic heterocycles. The minimum Gasteiger partial charge on any atom is -0.388 e. The first kappa shape index (κ1) is 18.5. The van der Waals surface area contributed by atoms with E-state index >= 15 is 0 Å². The molecule has 1 unspecified atom stereocenters. The van der Waals surface area contributed by atoms with Crippen molar-refractivity contribution in [2.75, 3.05) is 0 Å². The van der Waals surface area contributed by atoms with Crippen LogP contribution in [0.5, 0.6) is 0 Å². The molecule has 0 aliphatic carbocycles. The highest BCUT2D eigenvalue weighted by molar-refractivity contribution is 6.03. The zero-order valence-electron chi connectivity index (χ0n) is 16.0. The van der Waals surface area contributed by atoms with Gasteiger partial charge in [0.25, 0.3) is 0 Å². The van der Waals surface area contributed by atoms with E-state index in [9.17, 15) is 5.11 Å². The number of fused-ring (bicyclic) bond motifs is 1. The normalized spacial score (nSPS) is 19.2. The average molecular weight is 382 g/mol. The summed E-state index contributed by atoms with van der Waals surface area (Å²) in [6.45, 7) is 6.55. The lowest BCUT2D eigenvalue weighted by Gasteiger charge is -2.26. The minimum absolute atomic E-state index is 0.175. The van der Waals surface area contributed by atoms with Crippen LogP contribution >= 0.6 is 0 Å². The number of amidine groups is 1. The Morgan fingerprint density at radius 1 is 1.36 bits per heavy atom. The molecule has 0 fully saturated rings. The Labute approximate surface area is 162 Å². The third kappa shape index (κ3) is 3.47. The lowest BCUT2D eigenvalue weighted by molar-refractivity contribution is 0.0202. The highest BCUT2D eigenvalue weighted by Crippen LogP contribution is 2.37. The molecule has 9 heteroatoms. The Hall–Kier alpha value is -2.88. The summed E-state index contributed by atoms with van der Waals surface area (Å²) in [6.07, 6.45) is 4.86. The molecule has 9 nitrogen and oxygen atoms in total. The first-order valence-electron chi connectivity index (χ1n) is 8.96. The van der Waals surface area contributed by atoms with Gasteiger partial charge in [-0.05, 0) is 17.0 Å². The zero-order chi connectivity index (χ0) is 19.7. The maximum atomic E-state index is 9.24. The molecular weight excluding hydrogens is 360 g/mol. The van der Waals surface area contributed by atoms with Gasteiger partial charge in [0.05, 0.1) is 18.5 Å². The number of aromatic nitrogens is 2. The number of hydrogen-bond acceptors (Lipinski definition) is 9. The summed E-state index contributed by atoms with van der Waals surface area (Å²) in [5.41, 5.74) is 6.55. The fraction of sp³-hybridized carbons (Fsp3) is 0.368. The van der Waals surface area contributed by atoms with E-state index in [1.807, 2.05) is 12.1 Å². The van der Waals surface area contributed by atoms with Crippen LogP contribution in [-0.2, 0) is 18.0 Å². The summed E-state index contributed by atoms with van der Waals surface area (Å²) >= 11 is 0. The van der Waals surface area contributed by atoms with Gasteiger partial charge in [0, 0.05) is 24.0 Å². The third-order valence-electron chi connectivity index (χ3n) is 4.46. The maximum Gasteiger partial charge on any atom is 0.199 e. The van der Waals surface area contributed by atoms with Crippen molar-refractivity contribution in [3.8, 4) is 0 Å². The number of aliphatic hydroxyl groups excluding tert-OH is 1. The van der Waals surface area contributed by atoms with E-state index in [2.05, 4.69) is 46.5 Å². The highest BCUT2D eigenvalue weighted by atomic mass is 16.5. The Bertz CT molecular complexity index is 942. The van der Waals surface area contributed by atoms with Crippen LogP contribution in [0.15, 0.2) is 56.6 Å². The van der Waals surface area contributed by atoms with Crippen LogP contribution in [0.2, 0.25) is 0 Å². The molecule has 2 N–H and O–H groups in total. The van der Waals surface area contributed by atoms with Crippen molar-refractivity contribution >= 4 is 12.1 Å². The van der Waals surface area contributed by atoms with Crippen LogP contribution in [0.3, 0.4) is 0 Å². The van der Waals surface area contributed by atoms with Crippen LogP contribution in [0, 0.1) is 5.41 Å². The Morgan fingerprint density at radius 3 is 2.89 bits per heavy atom. The third-order valence-corrected chi connectivity index (χ3v) is 4.46. The number of pyridine rings is 1. The first-order valence-corrected chi connectivity index (χ1v) is 8.96. The largest absolute Gasteiger partial charge is 0.388 e. The monoisotopic (exact) mass is 382 g/mol. The van der Waals surface area contributed by atoms with Gasteiger partial charge in [-0.2, -0.15) is 10.5 Å². The molecule has 0 spiro atoms. The molecule has 2 aromatic rings. The van der Waals surface area contributed by atoms with Gasteiger partial charge in [0.1, 0.15) is 12.8 Å². The van der Waals surface area contributed by atoms with Gasteiger partial charge in [0.15, 0.2) is 17.3 Å². The molecule has 0 saturated heterocycles. The lowest BCUT2D eigenvalue weighted by atomic mass is 9.84. The van der Waals surface area contributed by atoms with Crippen molar-refractivity contribution in [2.45, 2.75) is 40.2 Å². The predicted octanol–water partition coefficient (Wildman–Crippen LogP) is 1.97. The number of aliphatic hydroxyl groups is 1. The van der Waals surface area contributed by atoms with E-state index in [-0.39, 0.29) is 18.2 Å². The van der Waals surface area contributed by atoms with Crippen molar-refractivity contribution in [2.24, 2.45) is 15.6 Å². The standard InChI is InChI=1S/C19H22N6O3/c1-19(2,3)16-15-9-21-22-17(14-7-13(10-26)28-24-14)25(15)23-18(16)27-11-12-5-4-6-20-8-12/h4-9,18,23,26H,10-11H2,1-3H3. The van der Waals surface area contributed by atoms with Crippen LogP contribution in [0.25, 0.3) is 0 Å². The number of hydrazine groups is 1. The van der Waals surface area contributed by atoms with Gasteiger partial charge in [-0.1, -0.05) is 32.0 Å². The van der Waals surface area contributed by atoms with E-state index in [4.69, 9.17) is 9.26 Å². The second-order valence-electron chi connectivity index (χ2n) is 7.57. The minimum atomic E-state index is -0.367. The van der Waals surface area contributed by atoms with Crippen molar-refractivity contribution in [3.05, 3.63) is 58.9 Å². The fourth-order valence-corrected chi connectivity index (χ4v) is 3.21. The molecular formula is C19H22N6O3. The molecule has 28 heavy (non-hydrogen) atoms. The number of ether oxygens (including phenoxy) is 1. The number of allylic oxidation sites excluding steroid dienone is 1. The van der Waals surface area contributed by atoms with Gasteiger partial charge in [-0.3, -0.25) is 9.99 Å². The summed E-state index contributed by atoms with van der Waals surface area (Å²) in [6, 6.07) is 5.49. The topological polar surface area (TPSA) is 108 Å². The van der Waals surface area contributed by atoms with E-state index in [1.54, 1.807) is 29.7 Å². The Kier molecular flexibility index (Phi) is 4.80. The molecule has 4 rings (SSSR count). The Balaban J connectivity index is 1.63. The van der Waals surface area contributed by atoms with E-state index in [0.29, 0.717) is 23.9 Å². The predicted molar refractivity (Wildman–Crippen MR) is 102 cm³/mol. The highest BCUT2D eigenvalue weighted by Gasteiger charge is 2.41. The van der Waals surface area contributed by atoms with E-state index < -0.39 is 0 Å².